The van der Waals surface area contributed by atoms with Crippen LogP contribution in [-0.2, 0) is 12.8 Å². The minimum absolute atomic E-state index is 0.554. The van der Waals surface area contributed by atoms with E-state index in [0.717, 1.165) is 0 Å². The van der Waals surface area contributed by atoms with Gasteiger partial charge < -0.3 is 0 Å². The van der Waals surface area contributed by atoms with Crippen molar-refractivity contribution in [3.63, 3.8) is 0 Å². The Morgan fingerprint density at radius 3 is 2.85 bits per heavy atom. The highest BCUT2D eigenvalue weighted by Crippen LogP contribution is 2.30. The smallest absolute Gasteiger partial charge is 0.0565 e. The third kappa shape index (κ3) is 1.60. The molecular weight excluding hydrogens is 273 g/mol. The lowest BCUT2D eigenvalue weighted by molar-refractivity contribution is 0.809. The molecule has 0 aromatic carbocycles. The summed E-state index contributed by atoms with van der Waals surface area (Å²) in [4.78, 5) is 4.54. The van der Waals surface area contributed by atoms with E-state index >= 15 is 0 Å². The van der Waals surface area contributed by atoms with Gasteiger partial charge in [0.25, 0.3) is 0 Å². The van der Waals surface area contributed by atoms with Crippen LogP contribution < -0.4 is 0 Å². The van der Waals surface area contributed by atoms with Crippen molar-refractivity contribution in [3.8, 4) is 0 Å². The van der Waals surface area contributed by atoms with Crippen molar-refractivity contribution in [1.82, 2.24) is 4.98 Å². The lowest BCUT2D eigenvalue weighted by Gasteiger charge is -2.10. The molecule has 1 aliphatic rings. The highest BCUT2D eigenvalue weighted by molar-refractivity contribution is 14.1. The highest BCUT2D eigenvalue weighted by Gasteiger charge is 2.18. The van der Waals surface area contributed by atoms with Crippen molar-refractivity contribution in [3.05, 3.63) is 26.6 Å². The molecule has 0 unspecified atom stereocenters. The number of hydrogen-bond acceptors (Lipinski definition) is 1. The number of rotatable bonds is 1. The fourth-order valence-electron chi connectivity index (χ4n) is 1.92. The second-order valence-electron chi connectivity index (χ2n) is 3.97. The van der Waals surface area contributed by atoms with Crippen LogP contribution in [0, 0.1) is 3.57 Å². The van der Waals surface area contributed by atoms with Gasteiger partial charge in [-0.05, 0) is 58.9 Å². The third-order valence-corrected chi connectivity index (χ3v) is 3.86. The number of aromatic nitrogens is 1. The van der Waals surface area contributed by atoms with Gasteiger partial charge in [-0.2, -0.15) is 0 Å². The van der Waals surface area contributed by atoms with E-state index in [9.17, 15) is 0 Å². The van der Waals surface area contributed by atoms with Crippen LogP contribution in [0.4, 0.5) is 0 Å². The van der Waals surface area contributed by atoms with Gasteiger partial charge in [0.1, 0.15) is 0 Å². The van der Waals surface area contributed by atoms with E-state index < -0.39 is 0 Å². The summed E-state index contributed by atoms with van der Waals surface area (Å²) in [7, 11) is 0. The molecule has 1 heterocycles. The van der Waals surface area contributed by atoms with Crippen LogP contribution in [0.25, 0.3) is 0 Å². The van der Waals surface area contributed by atoms with Crippen LogP contribution in [0.2, 0.25) is 0 Å². The lowest BCUT2D eigenvalue weighted by atomic mass is 10.1. The molecule has 13 heavy (non-hydrogen) atoms. The quantitative estimate of drug-likeness (QED) is 0.722. The van der Waals surface area contributed by atoms with E-state index in [2.05, 4.69) is 47.6 Å². The predicted octanol–water partition coefficient (Wildman–Crippen LogP) is 3.30. The molecule has 1 aromatic rings. The van der Waals surface area contributed by atoms with Crippen molar-refractivity contribution in [2.24, 2.45) is 0 Å². The number of halogens is 1. The summed E-state index contributed by atoms with van der Waals surface area (Å²) in [5, 5.41) is 0. The Morgan fingerprint density at radius 2 is 2.15 bits per heavy atom. The second-order valence-corrected chi connectivity index (χ2v) is 5.05. The average molecular weight is 287 g/mol. The SMILES string of the molecule is CC(C)c1ncc2c(c1I)CCC2. The minimum atomic E-state index is 0.554. The molecule has 1 aliphatic carbocycles. The Balaban J connectivity index is 2.52. The standard InChI is InChI=1S/C11H14IN/c1-7(2)11-10(12)9-5-3-4-8(9)6-13-11/h6-7H,3-5H2,1-2H3. The molecule has 1 nitrogen and oxygen atoms in total. The molecule has 2 heteroatoms. The van der Waals surface area contributed by atoms with Crippen molar-refractivity contribution in [1.29, 1.82) is 0 Å². The zero-order valence-electron chi connectivity index (χ0n) is 8.10. The van der Waals surface area contributed by atoms with Gasteiger partial charge in [-0.25, -0.2) is 0 Å². The van der Waals surface area contributed by atoms with E-state index in [4.69, 9.17) is 0 Å². The normalized spacial score (nSPS) is 15.1. The fourth-order valence-corrected chi connectivity index (χ4v) is 3.30. The number of fused-ring (bicyclic) bond motifs is 1. The van der Waals surface area contributed by atoms with Crippen molar-refractivity contribution >= 4 is 22.6 Å². The van der Waals surface area contributed by atoms with Gasteiger partial charge in [0.15, 0.2) is 0 Å². The van der Waals surface area contributed by atoms with Gasteiger partial charge in [-0.1, -0.05) is 13.8 Å². The van der Waals surface area contributed by atoms with Gasteiger partial charge in [0.05, 0.1) is 5.69 Å². The van der Waals surface area contributed by atoms with Crippen LogP contribution in [0.5, 0.6) is 0 Å². The van der Waals surface area contributed by atoms with Gasteiger partial charge in [-0.15, -0.1) is 0 Å². The molecule has 0 N–H and O–H groups in total. The zero-order valence-corrected chi connectivity index (χ0v) is 10.3. The van der Waals surface area contributed by atoms with E-state index in [0.29, 0.717) is 5.92 Å². The van der Waals surface area contributed by atoms with Crippen LogP contribution in [-0.4, -0.2) is 4.98 Å². The van der Waals surface area contributed by atoms with Crippen LogP contribution >= 0.6 is 22.6 Å². The molecule has 0 spiro atoms. The molecule has 0 fully saturated rings. The maximum atomic E-state index is 4.54. The zero-order chi connectivity index (χ0) is 9.42. The van der Waals surface area contributed by atoms with E-state index in [1.165, 1.54) is 34.1 Å². The first-order valence-corrected chi connectivity index (χ1v) is 5.94. The molecule has 0 saturated heterocycles. The minimum Gasteiger partial charge on any atom is -0.260 e. The van der Waals surface area contributed by atoms with Gasteiger partial charge in [0, 0.05) is 9.77 Å². The first kappa shape index (κ1) is 9.44. The topological polar surface area (TPSA) is 12.9 Å². The third-order valence-electron chi connectivity index (χ3n) is 2.66. The monoisotopic (exact) mass is 287 g/mol. The van der Waals surface area contributed by atoms with E-state index in [1.54, 1.807) is 5.56 Å². The summed E-state index contributed by atoms with van der Waals surface area (Å²) in [6.07, 6.45) is 5.89. The predicted molar refractivity (Wildman–Crippen MR) is 63.1 cm³/mol. The fraction of sp³-hybridized carbons (Fsp3) is 0.545. The van der Waals surface area contributed by atoms with Crippen molar-refractivity contribution in [2.45, 2.75) is 39.0 Å². The number of nitrogens with zero attached hydrogens (tertiary/aromatic N) is 1. The largest absolute Gasteiger partial charge is 0.260 e. The highest BCUT2D eigenvalue weighted by atomic mass is 127. The summed E-state index contributed by atoms with van der Waals surface area (Å²) < 4.78 is 1.42. The van der Waals surface area contributed by atoms with E-state index in [-0.39, 0.29) is 0 Å². The Hall–Kier alpha value is -0.120. The molecular formula is C11H14IN. The lowest BCUT2D eigenvalue weighted by Crippen LogP contribution is -2.00. The summed E-state index contributed by atoms with van der Waals surface area (Å²) in [6, 6.07) is 0. The molecule has 0 bridgehead atoms. The molecule has 2 rings (SSSR count). The van der Waals surface area contributed by atoms with Crippen molar-refractivity contribution < 1.29 is 0 Å². The molecule has 0 aliphatic heterocycles. The molecule has 0 atom stereocenters. The van der Waals surface area contributed by atoms with Crippen LogP contribution in [0.3, 0.4) is 0 Å². The first-order chi connectivity index (χ1) is 6.20. The summed E-state index contributed by atoms with van der Waals surface area (Å²) >= 11 is 2.46. The maximum absolute atomic E-state index is 4.54. The number of aryl methyl sites for hydroxylation is 1. The average Bonchev–Trinajstić information content (AvgIpc) is 2.52. The number of pyridine rings is 1. The summed E-state index contributed by atoms with van der Waals surface area (Å²) in [5.41, 5.74) is 4.33. The van der Waals surface area contributed by atoms with Gasteiger partial charge in [0.2, 0.25) is 0 Å². The molecule has 0 radical (unpaired) electrons. The summed E-state index contributed by atoms with van der Waals surface area (Å²) in [6.45, 7) is 4.43. The van der Waals surface area contributed by atoms with Crippen LogP contribution in [0.1, 0.15) is 43.0 Å². The summed E-state index contributed by atoms with van der Waals surface area (Å²) in [5.74, 6) is 0.554. The molecule has 0 saturated carbocycles. The van der Waals surface area contributed by atoms with Crippen molar-refractivity contribution in [2.75, 3.05) is 0 Å². The second kappa shape index (κ2) is 3.56. The molecule has 1 aromatic heterocycles. The van der Waals surface area contributed by atoms with Crippen LogP contribution in [0.15, 0.2) is 6.20 Å². The maximum Gasteiger partial charge on any atom is 0.0565 e. The molecule has 0 amide bonds. The first-order valence-electron chi connectivity index (χ1n) is 4.86. The van der Waals surface area contributed by atoms with E-state index in [1.807, 2.05) is 0 Å². The van der Waals surface area contributed by atoms with Gasteiger partial charge >= 0.3 is 0 Å². The van der Waals surface area contributed by atoms with Gasteiger partial charge in [-0.3, -0.25) is 4.98 Å². The Labute approximate surface area is 93.1 Å². The Kier molecular flexibility index (Phi) is 2.58. The Morgan fingerprint density at radius 1 is 1.38 bits per heavy atom. The number of hydrogen-bond donors (Lipinski definition) is 0. The Bertz CT molecular complexity index is 331. The molecule has 70 valence electrons.